The van der Waals surface area contributed by atoms with Gasteiger partial charge >= 0.3 is 17.8 Å². The van der Waals surface area contributed by atoms with Crippen LogP contribution in [0.15, 0.2) is 71.8 Å². The molecule has 0 aliphatic carbocycles. The topological polar surface area (TPSA) is 96.9 Å². The van der Waals surface area contributed by atoms with E-state index in [1.54, 1.807) is 42.5 Å². The fourth-order valence-electron chi connectivity index (χ4n) is 2.43. The number of hydrogen-bond acceptors (Lipinski definition) is 5. The van der Waals surface area contributed by atoms with Gasteiger partial charge in [0.25, 0.3) is 0 Å². The van der Waals surface area contributed by atoms with Crippen molar-refractivity contribution in [2.45, 2.75) is 0 Å². The molecule has 0 aliphatic rings. The van der Waals surface area contributed by atoms with E-state index in [2.05, 4.69) is 15.8 Å². The number of nitrogens with zero attached hydrogens (tertiary/aromatic N) is 1. The first-order chi connectivity index (χ1) is 15.3. The van der Waals surface area contributed by atoms with E-state index in [9.17, 15) is 14.4 Å². The van der Waals surface area contributed by atoms with Crippen LogP contribution in [0.25, 0.3) is 0 Å². The summed E-state index contributed by atoms with van der Waals surface area (Å²) in [6, 6.07) is 17.3. The van der Waals surface area contributed by atoms with Gasteiger partial charge in [-0.05, 0) is 48.0 Å². The molecule has 162 valence electrons. The molecule has 0 heterocycles. The molecule has 0 spiro atoms. The largest absolute Gasteiger partial charge is 0.423 e. The zero-order valence-electron chi connectivity index (χ0n) is 16.1. The van der Waals surface area contributed by atoms with E-state index >= 15 is 0 Å². The molecule has 0 radical (unpaired) electrons. The summed E-state index contributed by atoms with van der Waals surface area (Å²) in [5.41, 5.74) is 3.07. The van der Waals surface area contributed by atoms with Crippen LogP contribution in [0, 0.1) is 0 Å². The van der Waals surface area contributed by atoms with Crippen molar-refractivity contribution in [3.05, 3.63) is 92.9 Å². The van der Waals surface area contributed by atoms with Crippen molar-refractivity contribution in [3.8, 4) is 5.75 Å². The van der Waals surface area contributed by atoms with Gasteiger partial charge in [0.2, 0.25) is 0 Å². The van der Waals surface area contributed by atoms with Crippen LogP contribution in [-0.4, -0.2) is 24.0 Å². The Balaban J connectivity index is 1.59. The smallest absolute Gasteiger partial charge is 0.345 e. The summed E-state index contributed by atoms with van der Waals surface area (Å²) in [4.78, 5) is 36.2. The second kappa shape index (κ2) is 10.8. The summed E-state index contributed by atoms with van der Waals surface area (Å²) in [6.45, 7) is 0. The van der Waals surface area contributed by atoms with E-state index in [1.807, 2.05) is 0 Å². The molecule has 0 bridgehead atoms. The number of rotatable bonds is 5. The SMILES string of the molecule is O=C(N/N=C/c1cccc(OC(=O)c2ccc(Cl)cc2Cl)c1)C(=O)Nc1ccccc1Cl. The highest BCUT2D eigenvalue weighted by Crippen LogP contribution is 2.23. The number of carbonyl (C=O) groups excluding carboxylic acids is 3. The van der Waals surface area contributed by atoms with Crippen LogP contribution < -0.4 is 15.5 Å². The van der Waals surface area contributed by atoms with Crippen LogP contribution in [0.5, 0.6) is 5.75 Å². The van der Waals surface area contributed by atoms with Gasteiger partial charge < -0.3 is 10.1 Å². The lowest BCUT2D eigenvalue weighted by Crippen LogP contribution is -2.32. The van der Waals surface area contributed by atoms with E-state index in [0.29, 0.717) is 21.3 Å². The molecule has 0 aromatic heterocycles. The normalized spacial score (nSPS) is 10.6. The van der Waals surface area contributed by atoms with Crippen LogP contribution in [0.4, 0.5) is 5.69 Å². The molecule has 0 atom stereocenters. The van der Waals surface area contributed by atoms with Gasteiger partial charge in [0.05, 0.1) is 27.5 Å². The van der Waals surface area contributed by atoms with Gasteiger partial charge in [0.1, 0.15) is 5.75 Å². The summed E-state index contributed by atoms with van der Waals surface area (Å²) in [6.07, 6.45) is 1.29. The van der Waals surface area contributed by atoms with Gasteiger partial charge in [-0.3, -0.25) is 9.59 Å². The highest BCUT2D eigenvalue weighted by molar-refractivity contribution is 6.41. The molecule has 0 aliphatic heterocycles. The molecule has 32 heavy (non-hydrogen) atoms. The molecule has 0 unspecified atom stereocenters. The first kappa shape index (κ1) is 23.3. The zero-order chi connectivity index (χ0) is 23.1. The number of amides is 2. The monoisotopic (exact) mass is 489 g/mol. The molecule has 3 aromatic carbocycles. The van der Waals surface area contributed by atoms with Crippen LogP contribution in [0.3, 0.4) is 0 Å². The predicted octanol–water partition coefficient (Wildman–Crippen LogP) is 4.95. The average molecular weight is 491 g/mol. The number of hydrogen-bond donors (Lipinski definition) is 2. The third-order valence-electron chi connectivity index (χ3n) is 3.93. The number of esters is 1. The van der Waals surface area contributed by atoms with Crippen molar-refractivity contribution in [2.24, 2.45) is 5.10 Å². The van der Waals surface area contributed by atoms with Crippen LogP contribution in [0.2, 0.25) is 15.1 Å². The lowest BCUT2D eigenvalue weighted by Gasteiger charge is -2.07. The quantitative estimate of drug-likeness (QED) is 0.174. The molecule has 2 amide bonds. The van der Waals surface area contributed by atoms with Gasteiger partial charge in [0, 0.05) is 5.02 Å². The Kier molecular flexibility index (Phi) is 7.83. The third-order valence-corrected chi connectivity index (χ3v) is 4.81. The Bertz CT molecular complexity index is 1210. The molecule has 2 N–H and O–H groups in total. The number of hydrazone groups is 1. The molecule has 0 fully saturated rings. The molecule has 3 aromatic rings. The lowest BCUT2D eigenvalue weighted by molar-refractivity contribution is -0.136. The Morgan fingerprint density at radius 3 is 2.38 bits per heavy atom. The fourth-order valence-corrected chi connectivity index (χ4v) is 3.10. The third kappa shape index (κ3) is 6.31. The minimum atomic E-state index is -0.985. The molecule has 0 saturated heterocycles. The highest BCUT2D eigenvalue weighted by Gasteiger charge is 2.15. The Labute approximate surface area is 197 Å². The maximum Gasteiger partial charge on any atom is 0.345 e. The zero-order valence-corrected chi connectivity index (χ0v) is 18.4. The number of anilines is 1. The second-order valence-corrected chi connectivity index (χ2v) is 7.47. The van der Waals surface area contributed by atoms with Crippen molar-refractivity contribution in [2.75, 3.05) is 5.32 Å². The van der Waals surface area contributed by atoms with E-state index in [-0.39, 0.29) is 16.3 Å². The van der Waals surface area contributed by atoms with Crippen molar-refractivity contribution in [1.82, 2.24) is 5.43 Å². The molecule has 10 heteroatoms. The second-order valence-electron chi connectivity index (χ2n) is 6.22. The summed E-state index contributed by atoms with van der Waals surface area (Å²) in [5.74, 6) is -2.35. The Morgan fingerprint density at radius 1 is 0.844 bits per heavy atom. The van der Waals surface area contributed by atoms with E-state index in [4.69, 9.17) is 39.5 Å². The van der Waals surface area contributed by atoms with Crippen molar-refractivity contribution in [1.29, 1.82) is 0 Å². The summed E-state index contributed by atoms with van der Waals surface area (Å²) in [7, 11) is 0. The van der Waals surface area contributed by atoms with Crippen molar-refractivity contribution in [3.63, 3.8) is 0 Å². The van der Waals surface area contributed by atoms with Crippen LogP contribution in [-0.2, 0) is 9.59 Å². The van der Waals surface area contributed by atoms with E-state index < -0.39 is 17.8 Å². The van der Waals surface area contributed by atoms with Crippen LogP contribution in [0.1, 0.15) is 15.9 Å². The minimum absolute atomic E-state index is 0.159. The minimum Gasteiger partial charge on any atom is -0.423 e. The van der Waals surface area contributed by atoms with E-state index in [1.165, 1.54) is 30.5 Å². The van der Waals surface area contributed by atoms with Gasteiger partial charge in [-0.2, -0.15) is 5.10 Å². The predicted molar refractivity (Wildman–Crippen MR) is 124 cm³/mol. The number of nitrogens with one attached hydrogen (secondary N) is 2. The summed E-state index contributed by atoms with van der Waals surface area (Å²) in [5, 5.41) is 6.97. The van der Waals surface area contributed by atoms with E-state index in [0.717, 1.165) is 0 Å². The average Bonchev–Trinajstić information content (AvgIpc) is 2.75. The maximum absolute atomic E-state index is 12.3. The molecule has 0 saturated carbocycles. The molecule has 7 nitrogen and oxygen atoms in total. The highest BCUT2D eigenvalue weighted by atomic mass is 35.5. The van der Waals surface area contributed by atoms with Gasteiger partial charge in [-0.1, -0.05) is 59.1 Å². The number of benzene rings is 3. The van der Waals surface area contributed by atoms with Crippen LogP contribution >= 0.6 is 34.8 Å². The van der Waals surface area contributed by atoms with Gasteiger partial charge in [-0.15, -0.1) is 0 Å². The number of carbonyl (C=O) groups is 3. The number of para-hydroxylation sites is 1. The first-order valence-electron chi connectivity index (χ1n) is 8.99. The van der Waals surface area contributed by atoms with Gasteiger partial charge in [-0.25, -0.2) is 10.2 Å². The maximum atomic E-state index is 12.3. The molecular weight excluding hydrogens is 477 g/mol. The summed E-state index contributed by atoms with van der Waals surface area (Å²) < 4.78 is 5.31. The summed E-state index contributed by atoms with van der Waals surface area (Å²) >= 11 is 17.8. The molecule has 3 rings (SSSR count). The van der Waals surface area contributed by atoms with Crippen molar-refractivity contribution < 1.29 is 19.1 Å². The number of ether oxygens (including phenoxy) is 1. The standard InChI is InChI=1S/C22H14Cl3N3O4/c23-14-8-9-16(18(25)11-14)22(31)32-15-5-3-4-13(10-15)12-26-28-21(30)20(29)27-19-7-2-1-6-17(19)24/h1-12H,(H,27,29)(H,28,30)/b26-12+. The molecular formula is C22H14Cl3N3O4. The number of halogens is 3. The van der Waals surface area contributed by atoms with Gasteiger partial charge in [0.15, 0.2) is 0 Å². The first-order valence-corrected chi connectivity index (χ1v) is 10.1. The Hall–Kier alpha value is -3.39. The fraction of sp³-hybridized carbons (Fsp3) is 0. The van der Waals surface area contributed by atoms with Crippen molar-refractivity contribution >= 4 is 64.5 Å². The lowest BCUT2D eigenvalue weighted by atomic mass is 10.2. The Morgan fingerprint density at radius 2 is 1.62 bits per heavy atom.